The fraction of sp³-hybridized carbons (Fsp3) is 0.333. The van der Waals surface area contributed by atoms with Crippen molar-refractivity contribution in [2.75, 3.05) is 23.8 Å². The summed E-state index contributed by atoms with van der Waals surface area (Å²) in [5, 5.41) is 8.37. The molecule has 1 aliphatic heterocycles. The first-order valence-electron chi connectivity index (χ1n) is 9.37. The predicted molar refractivity (Wildman–Crippen MR) is 116 cm³/mol. The molecule has 0 bridgehead atoms. The lowest BCUT2D eigenvalue weighted by molar-refractivity contribution is -0.120. The van der Waals surface area contributed by atoms with Crippen LogP contribution in [0.15, 0.2) is 54.6 Å². The van der Waals surface area contributed by atoms with E-state index >= 15 is 0 Å². The smallest absolute Gasteiger partial charge is 0.319 e. The second-order valence-corrected chi connectivity index (χ2v) is 7.07. The van der Waals surface area contributed by atoms with Gasteiger partial charge in [-0.1, -0.05) is 30.3 Å². The maximum atomic E-state index is 12.6. The Morgan fingerprint density at radius 1 is 1.07 bits per heavy atom. The van der Waals surface area contributed by atoms with Gasteiger partial charge < -0.3 is 26.4 Å². The maximum absolute atomic E-state index is 12.6. The molecule has 7 nitrogen and oxygen atoms in total. The van der Waals surface area contributed by atoms with Crippen LogP contribution in [0.4, 0.5) is 16.2 Å². The van der Waals surface area contributed by atoms with E-state index in [2.05, 4.69) is 16.0 Å². The normalized spacial score (nSPS) is 17.5. The van der Waals surface area contributed by atoms with Gasteiger partial charge in [-0.15, -0.1) is 12.4 Å². The van der Waals surface area contributed by atoms with Crippen molar-refractivity contribution in [2.24, 2.45) is 5.73 Å². The van der Waals surface area contributed by atoms with Crippen LogP contribution < -0.4 is 21.7 Å². The van der Waals surface area contributed by atoms with Gasteiger partial charge in [0.1, 0.15) is 5.54 Å². The van der Waals surface area contributed by atoms with Crippen LogP contribution in [-0.2, 0) is 15.1 Å². The van der Waals surface area contributed by atoms with Gasteiger partial charge in [-0.2, -0.15) is 0 Å². The highest BCUT2D eigenvalue weighted by molar-refractivity contribution is 5.98. The van der Waals surface area contributed by atoms with Crippen LogP contribution in [0.25, 0.3) is 0 Å². The summed E-state index contributed by atoms with van der Waals surface area (Å²) in [6, 6.07) is 15.8. The van der Waals surface area contributed by atoms with Crippen molar-refractivity contribution in [3.8, 4) is 0 Å². The molecular weight excluding hydrogens is 392 g/mol. The molecule has 2 aromatic carbocycles. The molecule has 3 amide bonds. The van der Waals surface area contributed by atoms with Gasteiger partial charge in [0.15, 0.2) is 0 Å². The van der Waals surface area contributed by atoms with Crippen LogP contribution in [-0.4, -0.2) is 31.2 Å². The number of nitrogens with two attached hydrogens (primary N) is 1. The van der Waals surface area contributed by atoms with Gasteiger partial charge in [0.2, 0.25) is 5.91 Å². The van der Waals surface area contributed by atoms with Crippen molar-refractivity contribution in [1.82, 2.24) is 5.32 Å². The van der Waals surface area contributed by atoms with Crippen LogP contribution in [0.2, 0.25) is 0 Å². The summed E-state index contributed by atoms with van der Waals surface area (Å²) in [7, 11) is 0. The molecule has 0 saturated carbocycles. The lowest BCUT2D eigenvalue weighted by atomic mass is 9.92. The summed E-state index contributed by atoms with van der Waals surface area (Å²) < 4.78 is 5.47. The summed E-state index contributed by atoms with van der Waals surface area (Å²) in [5.74, 6) is -0.311. The van der Waals surface area contributed by atoms with E-state index in [0.29, 0.717) is 17.9 Å². The Hall–Kier alpha value is -2.61. The highest BCUT2D eigenvalue weighted by atomic mass is 35.5. The molecule has 0 aromatic heterocycles. The molecule has 8 heteroatoms. The molecule has 0 radical (unpaired) electrons. The van der Waals surface area contributed by atoms with E-state index in [1.807, 2.05) is 30.3 Å². The molecule has 0 spiro atoms. The zero-order valence-corrected chi connectivity index (χ0v) is 17.1. The van der Waals surface area contributed by atoms with Crippen LogP contribution in [0.5, 0.6) is 0 Å². The molecule has 1 saturated heterocycles. The number of urea groups is 1. The number of nitrogens with one attached hydrogen (secondary N) is 3. The van der Waals surface area contributed by atoms with Gasteiger partial charge in [0.05, 0.1) is 6.10 Å². The van der Waals surface area contributed by atoms with E-state index in [1.54, 1.807) is 31.2 Å². The number of carbonyl (C=O) groups is 2. The summed E-state index contributed by atoms with van der Waals surface area (Å²) in [6.45, 7) is 2.92. The third-order valence-electron chi connectivity index (χ3n) is 4.76. The highest BCUT2D eigenvalue weighted by Crippen LogP contribution is 2.21. The Balaban J connectivity index is 0.00000300. The summed E-state index contributed by atoms with van der Waals surface area (Å²) in [6.07, 6.45) is 2.10. The number of anilines is 2. The molecule has 5 N–H and O–H groups in total. The molecule has 2 aromatic rings. The van der Waals surface area contributed by atoms with Gasteiger partial charge in [0, 0.05) is 24.5 Å². The van der Waals surface area contributed by atoms with Crippen LogP contribution in [0.3, 0.4) is 0 Å². The Labute approximate surface area is 176 Å². The average molecular weight is 419 g/mol. The van der Waals surface area contributed by atoms with E-state index in [4.69, 9.17) is 10.5 Å². The number of ether oxygens (including phenoxy) is 1. The molecule has 1 aliphatic rings. The van der Waals surface area contributed by atoms with Crippen molar-refractivity contribution in [3.63, 3.8) is 0 Å². The van der Waals surface area contributed by atoms with E-state index in [-0.39, 0.29) is 30.4 Å². The molecule has 156 valence electrons. The molecule has 29 heavy (non-hydrogen) atoms. The second-order valence-electron chi connectivity index (χ2n) is 7.07. The SMILES string of the molecule is CC(N)(C(=O)Nc1ccc(NC(=O)NCC2CCCO2)cc1)c1ccccc1.Cl. The topological polar surface area (TPSA) is 105 Å². The number of amides is 3. The van der Waals surface area contributed by atoms with Gasteiger partial charge in [-0.25, -0.2) is 4.79 Å². The van der Waals surface area contributed by atoms with Crippen LogP contribution in [0.1, 0.15) is 25.3 Å². The first kappa shape index (κ1) is 22.7. The van der Waals surface area contributed by atoms with Crippen LogP contribution in [0, 0.1) is 0 Å². The molecule has 1 fully saturated rings. The van der Waals surface area contributed by atoms with E-state index in [9.17, 15) is 9.59 Å². The van der Waals surface area contributed by atoms with Gasteiger partial charge in [-0.3, -0.25) is 4.79 Å². The first-order chi connectivity index (χ1) is 13.4. The zero-order chi connectivity index (χ0) is 20.0. The fourth-order valence-electron chi connectivity index (χ4n) is 3.00. The molecule has 3 rings (SSSR count). The minimum Gasteiger partial charge on any atom is -0.376 e. The average Bonchev–Trinajstić information content (AvgIpc) is 3.22. The second kappa shape index (κ2) is 10.2. The van der Waals surface area contributed by atoms with Crippen molar-refractivity contribution in [2.45, 2.75) is 31.4 Å². The zero-order valence-electron chi connectivity index (χ0n) is 16.3. The first-order valence-corrected chi connectivity index (χ1v) is 9.37. The number of hydrogen-bond acceptors (Lipinski definition) is 4. The standard InChI is InChI=1S/C21H26N4O3.ClH/c1-21(22,15-6-3-2-4-7-15)19(26)24-16-9-11-17(12-10-16)25-20(27)23-14-18-8-5-13-28-18;/h2-4,6-7,9-12,18H,5,8,13-14,22H2,1H3,(H,24,26)(H2,23,25,27);1H. The van der Waals surface area contributed by atoms with Crippen molar-refractivity contribution >= 4 is 35.7 Å². The Bertz CT molecular complexity index is 806. The Morgan fingerprint density at radius 2 is 1.69 bits per heavy atom. The lowest BCUT2D eigenvalue weighted by Crippen LogP contribution is -2.45. The molecule has 2 unspecified atom stereocenters. The molecule has 0 aliphatic carbocycles. The fourth-order valence-corrected chi connectivity index (χ4v) is 3.00. The Kier molecular flexibility index (Phi) is 8.01. The van der Waals surface area contributed by atoms with Crippen molar-refractivity contribution < 1.29 is 14.3 Å². The number of benzene rings is 2. The van der Waals surface area contributed by atoms with Crippen LogP contribution >= 0.6 is 12.4 Å². The highest BCUT2D eigenvalue weighted by Gasteiger charge is 2.30. The van der Waals surface area contributed by atoms with Gasteiger partial charge in [-0.05, 0) is 49.6 Å². The summed E-state index contributed by atoms with van der Waals surface area (Å²) in [5.41, 5.74) is 7.03. The molecular formula is C21H27ClN4O3. The number of rotatable bonds is 6. The van der Waals surface area contributed by atoms with E-state index in [0.717, 1.165) is 25.0 Å². The minimum absolute atomic E-state index is 0. The van der Waals surface area contributed by atoms with Crippen molar-refractivity contribution in [1.29, 1.82) is 0 Å². The van der Waals surface area contributed by atoms with E-state index < -0.39 is 5.54 Å². The number of carbonyl (C=O) groups excluding carboxylic acids is 2. The van der Waals surface area contributed by atoms with E-state index in [1.165, 1.54) is 0 Å². The monoisotopic (exact) mass is 418 g/mol. The van der Waals surface area contributed by atoms with Crippen molar-refractivity contribution in [3.05, 3.63) is 60.2 Å². The summed E-state index contributed by atoms with van der Waals surface area (Å²) >= 11 is 0. The minimum atomic E-state index is -1.15. The quantitative estimate of drug-likeness (QED) is 0.577. The van der Waals surface area contributed by atoms with Gasteiger partial charge >= 0.3 is 6.03 Å². The molecule has 1 heterocycles. The lowest BCUT2D eigenvalue weighted by Gasteiger charge is -2.24. The number of halogens is 1. The Morgan fingerprint density at radius 3 is 2.28 bits per heavy atom. The molecule has 2 atom stereocenters. The third-order valence-corrected chi connectivity index (χ3v) is 4.76. The largest absolute Gasteiger partial charge is 0.376 e. The summed E-state index contributed by atoms with van der Waals surface area (Å²) in [4.78, 5) is 24.5. The van der Waals surface area contributed by atoms with Gasteiger partial charge in [0.25, 0.3) is 0 Å². The predicted octanol–water partition coefficient (Wildman–Crippen LogP) is 3.22. The third kappa shape index (κ3) is 6.19. The number of hydrogen-bond donors (Lipinski definition) is 4. The maximum Gasteiger partial charge on any atom is 0.319 e.